The molecule has 0 bridgehead atoms. The van der Waals surface area contributed by atoms with Gasteiger partial charge in [0, 0.05) is 25.7 Å². The van der Waals surface area contributed by atoms with Crippen LogP contribution in [0.5, 0.6) is 0 Å². The molecule has 2 unspecified atom stereocenters. The molecule has 0 aliphatic heterocycles. The van der Waals surface area contributed by atoms with Crippen LogP contribution in [0.1, 0.15) is 408 Å². The Morgan fingerprint density at radius 3 is 0.701 bits per heavy atom. The summed E-state index contributed by atoms with van der Waals surface area (Å²) < 4.78 is 68.6. The van der Waals surface area contributed by atoms with Crippen LogP contribution in [0, 0.1) is 11.8 Å². The third-order valence-electron chi connectivity index (χ3n) is 18.2. The lowest BCUT2D eigenvalue weighted by atomic mass is 10.0. The predicted molar refractivity (Wildman–Crippen MR) is 395 cm³/mol. The maximum absolute atomic E-state index is 13.1. The summed E-state index contributed by atoms with van der Waals surface area (Å²) in [5.74, 6) is -0.563. The minimum Gasteiger partial charge on any atom is -0.462 e. The summed E-state index contributed by atoms with van der Waals surface area (Å²) in [5.41, 5.74) is 0. The summed E-state index contributed by atoms with van der Waals surface area (Å²) in [6, 6.07) is 0. The molecule has 576 valence electrons. The molecule has 0 aromatic heterocycles. The van der Waals surface area contributed by atoms with E-state index < -0.39 is 97.5 Å². The van der Waals surface area contributed by atoms with Crippen LogP contribution < -0.4 is 0 Å². The van der Waals surface area contributed by atoms with Crippen LogP contribution in [0.4, 0.5) is 0 Å². The Balaban J connectivity index is 5.26. The maximum atomic E-state index is 13.1. The van der Waals surface area contributed by atoms with E-state index in [0.29, 0.717) is 25.7 Å². The van der Waals surface area contributed by atoms with Crippen molar-refractivity contribution in [3.05, 3.63) is 0 Å². The van der Waals surface area contributed by atoms with Gasteiger partial charge in [0.15, 0.2) is 12.2 Å². The van der Waals surface area contributed by atoms with Crippen LogP contribution in [0.25, 0.3) is 0 Å². The Kier molecular flexibility index (Phi) is 68.4. The third kappa shape index (κ3) is 72.2. The molecular formula is C78H152O17P2. The number of hydrogen-bond acceptors (Lipinski definition) is 15. The number of aliphatic hydroxyl groups excluding tert-OH is 1. The highest BCUT2D eigenvalue weighted by atomic mass is 31.2. The van der Waals surface area contributed by atoms with Crippen molar-refractivity contribution in [2.24, 2.45) is 11.8 Å². The standard InChI is InChI=1S/C78H152O17P2/c1-7-9-11-13-15-17-19-21-26-30-37-43-49-55-61-76(81)89-66-73(94-77(82)62-56-50-44-38-31-27-23-22-25-28-34-40-46-52-58-70(3)4)68-92-96(84,85)90-64-72(79)65-91-97(86,87)93-69-74(95-78(83)63-57-51-45-39-33-32-35-41-47-53-59-71(5)6)67-88-75(80)60-54-48-42-36-29-24-20-18-16-14-12-10-8-2/h70-74,79H,7-69H2,1-6H3,(H,84,85)(H,86,87)/t72-,73-,74-/m1/s1. The third-order valence-corrected chi connectivity index (χ3v) is 20.1. The Hall–Kier alpha value is -1.94. The fourth-order valence-electron chi connectivity index (χ4n) is 12.0. The predicted octanol–water partition coefficient (Wildman–Crippen LogP) is 23.1. The molecule has 97 heavy (non-hydrogen) atoms. The zero-order chi connectivity index (χ0) is 71.4. The molecule has 0 aromatic carbocycles. The van der Waals surface area contributed by atoms with E-state index in [1.165, 1.54) is 225 Å². The van der Waals surface area contributed by atoms with Crippen molar-refractivity contribution in [1.29, 1.82) is 0 Å². The minimum absolute atomic E-state index is 0.107. The molecule has 0 radical (unpaired) electrons. The number of rotatable bonds is 77. The number of carbonyl (C=O) groups excluding carboxylic acids is 4. The zero-order valence-electron chi connectivity index (χ0n) is 63.4. The van der Waals surface area contributed by atoms with Crippen LogP contribution in [0.3, 0.4) is 0 Å². The monoisotopic (exact) mass is 1420 g/mol. The van der Waals surface area contributed by atoms with E-state index in [-0.39, 0.29) is 25.7 Å². The Morgan fingerprint density at radius 2 is 0.474 bits per heavy atom. The highest BCUT2D eigenvalue weighted by molar-refractivity contribution is 7.47. The number of phosphoric ester groups is 2. The van der Waals surface area contributed by atoms with Gasteiger partial charge in [0.1, 0.15) is 19.3 Å². The van der Waals surface area contributed by atoms with E-state index in [0.717, 1.165) is 102 Å². The topological polar surface area (TPSA) is 237 Å². The van der Waals surface area contributed by atoms with Gasteiger partial charge in [0.2, 0.25) is 0 Å². The van der Waals surface area contributed by atoms with Gasteiger partial charge in [-0.05, 0) is 37.5 Å². The summed E-state index contributed by atoms with van der Waals surface area (Å²) in [6.45, 7) is 9.63. The van der Waals surface area contributed by atoms with Crippen molar-refractivity contribution in [3.63, 3.8) is 0 Å². The van der Waals surface area contributed by atoms with Crippen LogP contribution in [-0.2, 0) is 65.4 Å². The molecule has 0 saturated heterocycles. The average molecular weight is 1420 g/mol. The molecule has 0 aliphatic rings. The van der Waals surface area contributed by atoms with Crippen LogP contribution in [-0.4, -0.2) is 96.7 Å². The van der Waals surface area contributed by atoms with E-state index >= 15 is 0 Å². The quantitative estimate of drug-likeness (QED) is 0.0222. The fraction of sp³-hybridized carbons (Fsp3) is 0.949. The molecule has 0 heterocycles. The Morgan fingerprint density at radius 1 is 0.278 bits per heavy atom. The van der Waals surface area contributed by atoms with Gasteiger partial charge in [-0.2, -0.15) is 0 Å². The van der Waals surface area contributed by atoms with Crippen LogP contribution >= 0.6 is 15.6 Å². The van der Waals surface area contributed by atoms with Gasteiger partial charge >= 0.3 is 39.5 Å². The molecule has 17 nitrogen and oxygen atoms in total. The lowest BCUT2D eigenvalue weighted by molar-refractivity contribution is -0.161. The SMILES string of the molecule is CCCCCCCCCCCCCCCCC(=O)OC[C@H](COP(=O)(O)OC[C@@H](O)COP(=O)(O)OC[C@@H](COC(=O)CCCCCCCCCCCCCCC)OC(=O)CCCCCCCCCCCCC(C)C)OC(=O)CCCCCCCCCCCCCCCCC(C)C. The normalized spacial score (nSPS) is 14.0. The van der Waals surface area contributed by atoms with Gasteiger partial charge in [0.05, 0.1) is 26.4 Å². The summed E-state index contributed by atoms with van der Waals surface area (Å²) in [7, 11) is -9.92. The highest BCUT2D eigenvalue weighted by Gasteiger charge is 2.30. The molecule has 3 N–H and O–H groups in total. The number of unbranched alkanes of at least 4 members (excludes halogenated alkanes) is 47. The van der Waals surface area contributed by atoms with E-state index in [1.54, 1.807) is 0 Å². The first-order valence-electron chi connectivity index (χ1n) is 40.5. The summed E-state index contributed by atoms with van der Waals surface area (Å²) >= 11 is 0. The first-order chi connectivity index (χ1) is 46.9. The van der Waals surface area contributed by atoms with Gasteiger partial charge in [0.25, 0.3) is 0 Å². The van der Waals surface area contributed by atoms with Gasteiger partial charge < -0.3 is 33.8 Å². The molecule has 0 fully saturated rings. The zero-order valence-corrected chi connectivity index (χ0v) is 65.2. The minimum atomic E-state index is -4.96. The molecular weight excluding hydrogens is 1270 g/mol. The largest absolute Gasteiger partial charge is 0.472 e. The Bertz CT molecular complexity index is 1870. The Labute approximate surface area is 594 Å². The maximum Gasteiger partial charge on any atom is 0.472 e. The first kappa shape index (κ1) is 95.1. The molecule has 0 aliphatic carbocycles. The van der Waals surface area contributed by atoms with Crippen molar-refractivity contribution in [1.82, 2.24) is 0 Å². The lowest BCUT2D eigenvalue weighted by Gasteiger charge is -2.21. The van der Waals surface area contributed by atoms with Crippen LogP contribution in [0.2, 0.25) is 0 Å². The van der Waals surface area contributed by atoms with E-state index in [1.807, 2.05) is 0 Å². The number of aliphatic hydroxyl groups is 1. The number of ether oxygens (including phenoxy) is 4. The molecule has 5 atom stereocenters. The smallest absolute Gasteiger partial charge is 0.462 e. The van der Waals surface area contributed by atoms with Gasteiger partial charge in [-0.15, -0.1) is 0 Å². The molecule has 0 rings (SSSR count). The summed E-state index contributed by atoms with van der Waals surface area (Å²) in [4.78, 5) is 72.9. The molecule has 0 saturated carbocycles. The number of phosphoric acid groups is 2. The average Bonchev–Trinajstić information content (AvgIpc) is 1.02. The lowest BCUT2D eigenvalue weighted by Crippen LogP contribution is -2.30. The highest BCUT2D eigenvalue weighted by Crippen LogP contribution is 2.45. The molecule has 0 spiro atoms. The molecule has 0 amide bonds. The number of carbonyl (C=O) groups is 4. The van der Waals surface area contributed by atoms with Crippen molar-refractivity contribution >= 4 is 39.5 Å². The van der Waals surface area contributed by atoms with E-state index in [2.05, 4.69) is 41.5 Å². The first-order valence-corrected chi connectivity index (χ1v) is 43.5. The molecule has 19 heteroatoms. The van der Waals surface area contributed by atoms with Crippen molar-refractivity contribution < 1.29 is 80.2 Å². The second-order valence-electron chi connectivity index (χ2n) is 29.1. The van der Waals surface area contributed by atoms with Crippen molar-refractivity contribution in [2.45, 2.75) is 426 Å². The van der Waals surface area contributed by atoms with Crippen molar-refractivity contribution in [2.75, 3.05) is 39.6 Å². The summed E-state index contributed by atoms with van der Waals surface area (Å²) in [6.07, 6.45) is 58.1. The second-order valence-corrected chi connectivity index (χ2v) is 32.0. The molecule has 0 aromatic rings. The number of hydrogen-bond donors (Lipinski definition) is 3. The van der Waals surface area contributed by atoms with E-state index in [9.17, 15) is 43.2 Å². The van der Waals surface area contributed by atoms with Crippen molar-refractivity contribution in [3.8, 4) is 0 Å². The van der Waals surface area contributed by atoms with Gasteiger partial charge in [-0.3, -0.25) is 37.3 Å². The fourth-order valence-corrected chi connectivity index (χ4v) is 13.6. The number of esters is 4. The van der Waals surface area contributed by atoms with Gasteiger partial charge in [-0.25, -0.2) is 9.13 Å². The summed E-state index contributed by atoms with van der Waals surface area (Å²) in [5, 5.41) is 10.6. The van der Waals surface area contributed by atoms with Gasteiger partial charge in [-0.1, -0.05) is 356 Å². The second kappa shape index (κ2) is 69.8. The van der Waals surface area contributed by atoms with Crippen LogP contribution in [0.15, 0.2) is 0 Å². The van der Waals surface area contributed by atoms with E-state index in [4.69, 9.17) is 37.0 Å².